The third-order valence-electron chi connectivity index (χ3n) is 3.43. The molecule has 0 aliphatic carbocycles. The molecule has 0 saturated carbocycles. The first-order valence-corrected chi connectivity index (χ1v) is 6.14. The highest BCUT2D eigenvalue weighted by atomic mass is 35.5. The second-order valence-electron chi connectivity index (χ2n) is 4.40. The lowest BCUT2D eigenvalue weighted by Gasteiger charge is -2.42. The Labute approximate surface area is 102 Å². The van der Waals surface area contributed by atoms with Crippen molar-refractivity contribution in [2.45, 2.75) is 30.7 Å². The predicted octanol–water partition coefficient (Wildman–Crippen LogP) is 3.06. The monoisotopic (exact) mass is 239 g/mol. The van der Waals surface area contributed by atoms with E-state index in [9.17, 15) is 0 Å². The molecule has 1 aromatic rings. The molecule has 3 heteroatoms. The SMILES string of the molecule is CC[C@@]1(COC)Nc2ccccc2C[C@H]1Cl. The van der Waals surface area contributed by atoms with Crippen LogP contribution in [-0.4, -0.2) is 24.6 Å². The molecule has 1 aromatic carbocycles. The average molecular weight is 240 g/mol. The number of para-hydroxylation sites is 1. The topological polar surface area (TPSA) is 21.3 Å². The Morgan fingerprint density at radius 3 is 2.94 bits per heavy atom. The van der Waals surface area contributed by atoms with E-state index in [1.54, 1.807) is 7.11 Å². The quantitative estimate of drug-likeness (QED) is 0.819. The molecule has 0 bridgehead atoms. The van der Waals surface area contributed by atoms with Crippen LogP contribution in [0.25, 0.3) is 0 Å². The summed E-state index contributed by atoms with van der Waals surface area (Å²) in [4.78, 5) is 0. The zero-order valence-electron chi connectivity index (χ0n) is 9.79. The largest absolute Gasteiger partial charge is 0.382 e. The fourth-order valence-corrected chi connectivity index (χ4v) is 2.79. The van der Waals surface area contributed by atoms with Crippen molar-refractivity contribution in [2.24, 2.45) is 0 Å². The molecule has 0 spiro atoms. The summed E-state index contributed by atoms with van der Waals surface area (Å²) in [5, 5.41) is 3.63. The normalized spacial score (nSPS) is 28.3. The minimum Gasteiger partial charge on any atom is -0.382 e. The molecule has 2 rings (SSSR count). The third kappa shape index (κ3) is 1.92. The maximum atomic E-state index is 6.50. The Bertz CT molecular complexity index is 369. The van der Waals surface area contributed by atoms with Gasteiger partial charge in [-0.15, -0.1) is 11.6 Å². The van der Waals surface area contributed by atoms with Gasteiger partial charge in [-0.3, -0.25) is 0 Å². The number of anilines is 1. The van der Waals surface area contributed by atoms with Crippen molar-refractivity contribution in [3.63, 3.8) is 0 Å². The van der Waals surface area contributed by atoms with Crippen LogP contribution in [0.1, 0.15) is 18.9 Å². The van der Waals surface area contributed by atoms with Gasteiger partial charge in [0.15, 0.2) is 0 Å². The Morgan fingerprint density at radius 2 is 2.25 bits per heavy atom. The molecule has 0 amide bonds. The second kappa shape index (κ2) is 4.64. The molecule has 0 radical (unpaired) electrons. The van der Waals surface area contributed by atoms with Gasteiger partial charge in [0.1, 0.15) is 0 Å². The number of rotatable bonds is 3. The number of hydrogen-bond acceptors (Lipinski definition) is 2. The van der Waals surface area contributed by atoms with E-state index < -0.39 is 0 Å². The number of hydrogen-bond donors (Lipinski definition) is 1. The van der Waals surface area contributed by atoms with Gasteiger partial charge in [0.05, 0.1) is 17.5 Å². The van der Waals surface area contributed by atoms with Gasteiger partial charge < -0.3 is 10.1 Å². The summed E-state index contributed by atoms with van der Waals surface area (Å²) in [6, 6.07) is 8.34. The lowest BCUT2D eigenvalue weighted by molar-refractivity contribution is 0.135. The van der Waals surface area contributed by atoms with Crippen LogP contribution in [0.15, 0.2) is 24.3 Å². The van der Waals surface area contributed by atoms with Crippen molar-refractivity contribution in [3.05, 3.63) is 29.8 Å². The molecule has 0 unspecified atom stereocenters. The molecule has 88 valence electrons. The third-order valence-corrected chi connectivity index (χ3v) is 4.00. The Balaban J connectivity index is 2.32. The minimum absolute atomic E-state index is 0.0762. The van der Waals surface area contributed by atoms with Gasteiger partial charge in [-0.2, -0.15) is 0 Å². The summed E-state index contributed by atoms with van der Waals surface area (Å²) in [5.74, 6) is 0. The summed E-state index contributed by atoms with van der Waals surface area (Å²) < 4.78 is 5.31. The van der Waals surface area contributed by atoms with Crippen LogP contribution < -0.4 is 5.32 Å². The van der Waals surface area contributed by atoms with E-state index in [-0.39, 0.29) is 10.9 Å². The highest BCUT2D eigenvalue weighted by Crippen LogP contribution is 2.36. The standard InChI is InChI=1S/C13H18ClNO/c1-3-13(9-16-2)12(14)8-10-6-4-5-7-11(10)15-13/h4-7,12,15H,3,8-9H2,1-2H3/t12-,13+/m1/s1. The molecule has 0 saturated heterocycles. The Kier molecular flexibility index (Phi) is 3.41. The number of nitrogens with one attached hydrogen (secondary N) is 1. The molecule has 1 N–H and O–H groups in total. The highest BCUT2D eigenvalue weighted by Gasteiger charge is 2.40. The molecule has 2 atom stereocenters. The smallest absolute Gasteiger partial charge is 0.0770 e. The van der Waals surface area contributed by atoms with Crippen LogP contribution in [0.5, 0.6) is 0 Å². The molecule has 0 aromatic heterocycles. The summed E-state index contributed by atoms with van der Waals surface area (Å²) in [5.41, 5.74) is 2.35. The van der Waals surface area contributed by atoms with Crippen LogP contribution in [0.4, 0.5) is 5.69 Å². The molecule has 16 heavy (non-hydrogen) atoms. The zero-order chi connectivity index (χ0) is 11.6. The van der Waals surface area contributed by atoms with E-state index in [4.69, 9.17) is 16.3 Å². The number of alkyl halides is 1. The molecule has 2 nitrogen and oxygen atoms in total. The van der Waals surface area contributed by atoms with E-state index >= 15 is 0 Å². The fourth-order valence-electron chi connectivity index (χ4n) is 2.35. The number of methoxy groups -OCH3 is 1. The van der Waals surface area contributed by atoms with Gasteiger partial charge >= 0.3 is 0 Å². The maximum absolute atomic E-state index is 6.50. The highest BCUT2D eigenvalue weighted by molar-refractivity contribution is 6.22. The first-order chi connectivity index (χ1) is 7.72. The summed E-state index contributed by atoms with van der Waals surface area (Å²) in [6.45, 7) is 2.79. The van der Waals surface area contributed by atoms with E-state index in [1.807, 2.05) is 6.07 Å². The maximum Gasteiger partial charge on any atom is 0.0770 e. The van der Waals surface area contributed by atoms with Gasteiger partial charge in [0.2, 0.25) is 0 Å². The van der Waals surface area contributed by atoms with Crippen molar-refractivity contribution in [2.75, 3.05) is 19.0 Å². The van der Waals surface area contributed by atoms with Crippen LogP contribution in [0.3, 0.4) is 0 Å². The summed E-state index contributed by atoms with van der Waals surface area (Å²) in [6.07, 6.45) is 1.87. The van der Waals surface area contributed by atoms with Crippen LogP contribution in [0.2, 0.25) is 0 Å². The zero-order valence-corrected chi connectivity index (χ0v) is 10.6. The Hall–Kier alpha value is -0.730. The summed E-state index contributed by atoms with van der Waals surface area (Å²) >= 11 is 6.50. The minimum atomic E-state index is -0.134. The van der Waals surface area contributed by atoms with Crippen LogP contribution >= 0.6 is 11.6 Å². The van der Waals surface area contributed by atoms with Gasteiger partial charge in [-0.25, -0.2) is 0 Å². The van der Waals surface area contributed by atoms with E-state index in [1.165, 1.54) is 11.3 Å². The first-order valence-electron chi connectivity index (χ1n) is 5.71. The number of benzene rings is 1. The van der Waals surface area contributed by atoms with E-state index in [2.05, 4.69) is 30.4 Å². The lowest BCUT2D eigenvalue weighted by Crippen LogP contribution is -2.53. The van der Waals surface area contributed by atoms with Gasteiger partial charge in [0.25, 0.3) is 0 Å². The van der Waals surface area contributed by atoms with Crippen LogP contribution in [0, 0.1) is 0 Å². The predicted molar refractivity (Wildman–Crippen MR) is 68.3 cm³/mol. The van der Waals surface area contributed by atoms with Crippen molar-refractivity contribution < 1.29 is 4.74 Å². The molecular weight excluding hydrogens is 222 g/mol. The molecule has 1 heterocycles. The Morgan fingerprint density at radius 1 is 1.50 bits per heavy atom. The van der Waals surface area contributed by atoms with Gasteiger partial charge in [-0.05, 0) is 24.5 Å². The number of ether oxygens (including phenoxy) is 1. The second-order valence-corrected chi connectivity index (χ2v) is 4.92. The van der Waals surface area contributed by atoms with Gasteiger partial charge in [-0.1, -0.05) is 25.1 Å². The number of fused-ring (bicyclic) bond motifs is 1. The lowest BCUT2D eigenvalue weighted by atomic mass is 9.84. The first kappa shape index (κ1) is 11.7. The molecule has 1 aliphatic rings. The molecule has 1 aliphatic heterocycles. The average Bonchev–Trinajstić information content (AvgIpc) is 2.30. The van der Waals surface area contributed by atoms with Crippen molar-refractivity contribution in [1.29, 1.82) is 0 Å². The summed E-state index contributed by atoms with van der Waals surface area (Å²) in [7, 11) is 1.73. The van der Waals surface area contributed by atoms with Crippen molar-refractivity contribution >= 4 is 17.3 Å². The van der Waals surface area contributed by atoms with Crippen LogP contribution in [-0.2, 0) is 11.2 Å². The number of halogens is 1. The van der Waals surface area contributed by atoms with E-state index in [0.717, 1.165) is 12.8 Å². The van der Waals surface area contributed by atoms with Crippen molar-refractivity contribution in [3.8, 4) is 0 Å². The molecule has 0 fully saturated rings. The van der Waals surface area contributed by atoms with Gasteiger partial charge in [0, 0.05) is 12.8 Å². The fraction of sp³-hybridized carbons (Fsp3) is 0.538. The van der Waals surface area contributed by atoms with E-state index in [0.29, 0.717) is 6.61 Å². The molecular formula is C13H18ClNO. The van der Waals surface area contributed by atoms with Crippen molar-refractivity contribution in [1.82, 2.24) is 0 Å².